The molecule has 49 heavy (non-hydrogen) atoms. The molecule has 4 N–H and O–H groups in total. The van der Waals surface area contributed by atoms with E-state index < -0.39 is 26.1 Å². The monoisotopic (exact) mass is 739 g/mol. The van der Waals surface area contributed by atoms with Crippen LogP contribution < -0.4 is 68.9 Å². The van der Waals surface area contributed by atoms with Crippen LogP contribution in [0.4, 0.5) is 0 Å². The molecule has 0 aromatic carbocycles. The van der Waals surface area contributed by atoms with Gasteiger partial charge in [-0.2, -0.15) is 0 Å². The van der Waals surface area contributed by atoms with Crippen LogP contribution >= 0.6 is 7.82 Å². The van der Waals surface area contributed by atoms with E-state index in [4.69, 9.17) is 19.2 Å². The predicted octanol–water partition coefficient (Wildman–Crippen LogP) is 4.19. The zero-order chi connectivity index (χ0) is 35.3. The first-order valence-electron chi connectivity index (χ1n) is 20.4. The van der Waals surface area contributed by atoms with Gasteiger partial charge in [-0.15, -0.1) is 0 Å². The number of hydrogen-bond donors (Lipinski definition) is 4. The van der Waals surface area contributed by atoms with E-state index in [0.717, 1.165) is 25.7 Å². The van der Waals surface area contributed by atoms with E-state index in [9.17, 15) is 15.3 Å². The second kappa shape index (κ2) is 46.1. The van der Waals surface area contributed by atoms with Gasteiger partial charge in [0, 0.05) is 0 Å². The number of rotatable bonds is 36. The third-order valence-electron chi connectivity index (χ3n) is 9.50. The maximum atomic E-state index is 10.3. The second-order valence-corrected chi connectivity index (χ2v) is 15.2. The number of aliphatic hydroxyl groups is 3. The first-order valence-corrected chi connectivity index (χ1v) is 21.9. The Morgan fingerprint density at radius 3 is 0.694 bits per heavy atom. The molecule has 2 unspecified atom stereocenters. The molecule has 0 saturated carbocycles. The van der Waals surface area contributed by atoms with Crippen LogP contribution in [-0.4, -0.2) is 38.5 Å². The molecule has 286 valence electrons. The normalized spacial score (nSPS) is 13.1. The summed E-state index contributed by atoms with van der Waals surface area (Å²) >= 11 is 0. The molecular formula is C39H81Na2O7P. The van der Waals surface area contributed by atoms with Crippen molar-refractivity contribution in [1.82, 2.24) is 0 Å². The molecule has 0 spiro atoms. The van der Waals surface area contributed by atoms with Gasteiger partial charge in [-0.25, -0.2) is 0 Å². The van der Waals surface area contributed by atoms with Crippen LogP contribution in [-0.2, 0) is 4.57 Å². The minimum atomic E-state index is -5.14. The second-order valence-electron chi connectivity index (χ2n) is 14.3. The van der Waals surface area contributed by atoms with Crippen LogP contribution in [0.3, 0.4) is 0 Å². The van der Waals surface area contributed by atoms with Gasteiger partial charge in [0.25, 0.3) is 0 Å². The number of unbranched alkanes of at least 4 members (excludes halogenated alkanes) is 30. The molecular weight excluding hydrogens is 657 g/mol. The van der Waals surface area contributed by atoms with E-state index >= 15 is 0 Å². The predicted molar refractivity (Wildman–Crippen MR) is 196 cm³/mol. The molecule has 0 amide bonds. The van der Waals surface area contributed by atoms with Crippen molar-refractivity contribution in [3.8, 4) is 0 Å². The van der Waals surface area contributed by atoms with Crippen LogP contribution in [0.25, 0.3) is 0 Å². The zero-order valence-corrected chi connectivity index (χ0v) is 38.1. The van der Waals surface area contributed by atoms with Crippen LogP contribution in [0.1, 0.15) is 232 Å². The summed E-state index contributed by atoms with van der Waals surface area (Å²) in [5, 5.41) is 31.0. The Kier molecular flexibility index (Phi) is 54.3. The minimum absolute atomic E-state index is 0. The molecule has 0 aliphatic carbocycles. The van der Waals surface area contributed by atoms with Gasteiger partial charge in [-0.1, -0.05) is 219 Å². The van der Waals surface area contributed by atoms with Crippen molar-refractivity contribution >= 4 is 7.82 Å². The van der Waals surface area contributed by atoms with Crippen molar-refractivity contribution in [3.63, 3.8) is 0 Å². The van der Waals surface area contributed by atoms with E-state index in [1.807, 2.05) is 0 Å². The van der Waals surface area contributed by atoms with Crippen molar-refractivity contribution in [2.75, 3.05) is 0 Å². The molecule has 0 fully saturated rings. The molecule has 0 radical (unpaired) electrons. The maximum absolute atomic E-state index is 10.3. The average Bonchev–Trinajstić information content (AvgIpc) is 3.03. The van der Waals surface area contributed by atoms with Gasteiger partial charge >= 0.3 is 59.1 Å². The molecule has 0 aliphatic heterocycles. The summed E-state index contributed by atoms with van der Waals surface area (Å²) in [5.41, 5.74) is 0. The van der Waals surface area contributed by atoms with Gasteiger partial charge in [-0.3, -0.25) is 0 Å². The summed E-state index contributed by atoms with van der Waals surface area (Å²) in [4.78, 5) is 24.3. The Labute approximate surface area is 349 Å². The minimum Gasteiger partial charge on any atom is -0.790 e. The van der Waals surface area contributed by atoms with Crippen molar-refractivity contribution in [2.45, 2.75) is 250 Å². The molecule has 0 bridgehead atoms. The van der Waals surface area contributed by atoms with E-state index in [1.165, 1.54) is 180 Å². The Balaban J connectivity index is -0.00000134. The number of phosphoric acid groups is 1. The smallest absolute Gasteiger partial charge is 0.790 e. The summed E-state index contributed by atoms with van der Waals surface area (Å²) < 4.78 is 8.66. The summed E-state index contributed by atoms with van der Waals surface area (Å²) in [7, 11) is -5.14. The molecule has 0 aromatic rings. The molecule has 0 saturated heterocycles. The Morgan fingerprint density at radius 2 is 0.531 bits per heavy atom. The average molecular weight is 739 g/mol. The van der Waals surface area contributed by atoms with Gasteiger partial charge in [0.05, 0.1) is 20.0 Å². The molecule has 0 aromatic heterocycles. The molecule has 2 atom stereocenters. The summed E-state index contributed by atoms with van der Waals surface area (Å²) in [6.45, 7) is 4.57. The van der Waals surface area contributed by atoms with Gasteiger partial charge in [0.1, 0.15) is 6.10 Å². The zero-order valence-electron chi connectivity index (χ0n) is 33.2. The largest absolute Gasteiger partial charge is 1.00 e. The Bertz CT molecular complexity index is 592. The standard InChI is InChI=1S/C39H80O3.2Na.H3O4P/c1-3-5-7-9-11-13-15-17-19-21-23-25-27-29-31-33-35-37(40)39(42)38(41)36-34-32-30-28-26-24-22-20-18-16-14-12-10-8-6-4-2;;;1-5(2,3)4/h37-42H,3-36H2,1-2H3;;;(H3,1,2,3,4)/q;2*+1;/p-2. The van der Waals surface area contributed by atoms with Gasteiger partial charge < -0.3 is 34.6 Å². The van der Waals surface area contributed by atoms with E-state index in [1.54, 1.807) is 0 Å². The van der Waals surface area contributed by atoms with Gasteiger partial charge in [0.2, 0.25) is 0 Å². The first kappa shape index (κ1) is 57.7. The van der Waals surface area contributed by atoms with Gasteiger partial charge in [0.15, 0.2) is 0 Å². The third-order valence-corrected chi connectivity index (χ3v) is 9.50. The van der Waals surface area contributed by atoms with Crippen LogP contribution in [0.2, 0.25) is 0 Å². The fourth-order valence-electron chi connectivity index (χ4n) is 6.40. The number of aliphatic hydroxyl groups excluding tert-OH is 3. The topological polar surface area (TPSA) is 144 Å². The van der Waals surface area contributed by atoms with Crippen LogP contribution in [0, 0.1) is 0 Å². The summed E-state index contributed by atoms with van der Waals surface area (Å²) in [5.74, 6) is 0. The van der Waals surface area contributed by atoms with E-state index in [-0.39, 0.29) is 59.1 Å². The maximum Gasteiger partial charge on any atom is 1.00 e. The van der Waals surface area contributed by atoms with Gasteiger partial charge in [-0.05, 0) is 12.8 Å². The quantitative estimate of drug-likeness (QED) is 0.0429. The van der Waals surface area contributed by atoms with E-state index in [2.05, 4.69) is 13.8 Å². The van der Waals surface area contributed by atoms with Crippen LogP contribution in [0.5, 0.6) is 0 Å². The fourth-order valence-corrected chi connectivity index (χ4v) is 6.40. The first-order chi connectivity index (χ1) is 22.6. The third kappa shape index (κ3) is 54.4. The SMILES string of the molecule is CCCCCCCCCCCCCCCCCCC(O)C(O)C(O)CCCCCCCCCCCCCCCCCC.O=P([O-])([O-])O.[Na+].[Na+]. The molecule has 0 heterocycles. The van der Waals surface area contributed by atoms with E-state index in [0.29, 0.717) is 12.8 Å². The molecule has 0 rings (SSSR count). The Hall–Kier alpha value is 1.99. The van der Waals surface area contributed by atoms with Crippen molar-refractivity contribution in [1.29, 1.82) is 0 Å². The number of hydrogen-bond acceptors (Lipinski definition) is 6. The summed E-state index contributed by atoms with van der Waals surface area (Å²) in [6, 6.07) is 0. The molecule has 0 aliphatic rings. The molecule has 10 heteroatoms. The summed E-state index contributed by atoms with van der Waals surface area (Å²) in [6.07, 6.45) is 41.4. The Morgan fingerprint density at radius 1 is 0.388 bits per heavy atom. The van der Waals surface area contributed by atoms with Crippen molar-refractivity contribution in [3.05, 3.63) is 0 Å². The van der Waals surface area contributed by atoms with Crippen molar-refractivity contribution in [2.24, 2.45) is 0 Å². The fraction of sp³-hybridized carbons (Fsp3) is 1.00. The molecule has 7 nitrogen and oxygen atoms in total. The van der Waals surface area contributed by atoms with Crippen molar-refractivity contribution < 1.29 is 93.7 Å². The van der Waals surface area contributed by atoms with Crippen LogP contribution in [0.15, 0.2) is 0 Å².